The standard InChI is InChI=1S/C23H30F3N5O/c24-23(25,26)17-5-7-31(8-6-17)22(32)19-13-16-14-21(27-15-20(16)28-19)30-11-9-29(10-12-30)18-3-1-2-4-18/h13-15,17-18,28H,1-12H2. The Balaban J connectivity index is 1.23. The number of carbonyl (C=O) groups is 1. The molecule has 3 aliphatic rings. The van der Waals surface area contributed by atoms with Crippen LogP contribution in [0.5, 0.6) is 0 Å². The zero-order valence-corrected chi connectivity index (χ0v) is 18.2. The van der Waals surface area contributed by atoms with Gasteiger partial charge in [0.15, 0.2) is 0 Å². The Labute approximate surface area is 185 Å². The molecule has 174 valence electrons. The van der Waals surface area contributed by atoms with Crippen LogP contribution in [0.1, 0.15) is 49.0 Å². The molecule has 4 heterocycles. The monoisotopic (exact) mass is 449 g/mol. The summed E-state index contributed by atoms with van der Waals surface area (Å²) < 4.78 is 38.7. The fourth-order valence-corrected chi connectivity index (χ4v) is 5.47. The molecule has 2 aromatic rings. The van der Waals surface area contributed by atoms with Crippen molar-refractivity contribution in [1.82, 2.24) is 19.8 Å². The Morgan fingerprint density at radius 2 is 1.66 bits per heavy atom. The SMILES string of the molecule is O=C(c1cc2cc(N3CCN(C4CCCC4)CC3)ncc2[nH]1)N1CCC(C(F)(F)F)CC1. The molecule has 5 rings (SSSR count). The molecule has 1 aliphatic carbocycles. The molecule has 6 nitrogen and oxygen atoms in total. The van der Waals surface area contributed by atoms with Gasteiger partial charge < -0.3 is 14.8 Å². The maximum Gasteiger partial charge on any atom is 0.391 e. The third kappa shape index (κ3) is 4.31. The maximum absolute atomic E-state index is 12.9. The number of H-pyrrole nitrogens is 1. The molecule has 0 aromatic carbocycles. The number of hydrogen-bond acceptors (Lipinski definition) is 4. The number of piperidine rings is 1. The number of aromatic amines is 1. The Morgan fingerprint density at radius 3 is 2.31 bits per heavy atom. The van der Waals surface area contributed by atoms with E-state index in [4.69, 9.17) is 0 Å². The predicted molar refractivity (Wildman–Crippen MR) is 117 cm³/mol. The number of nitrogens with zero attached hydrogens (tertiary/aromatic N) is 4. The van der Waals surface area contributed by atoms with Crippen LogP contribution in [0.25, 0.3) is 10.9 Å². The first-order valence-corrected chi connectivity index (χ1v) is 11.7. The zero-order valence-electron chi connectivity index (χ0n) is 18.2. The van der Waals surface area contributed by atoms with E-state index in [2.05, 4.69) is 19.8 Å². The summed E-state index contributed by atoms with van der Waals surface area (Å²) >= 11 is 0. The van der Waals surface area contributed by atoms with Crippen molar-refractivity contribution in [3.05, 3.63) is 24.0 Å². The number of fused-ring (bicyclic) bond motifs is 1. The van der Waals surface area contributed by atoms with Gasteiger partial charge in [-0.1, -0.05) is 12.8 Å². The van der Waals surface area contributed by atoms with Gasteiger partial charge in [0.2, 0.25) is 0 Å². The molecule has 0 atom stereocenters. The van der Waals surface area contributed by atoms with Gasteiger partial charge in [-0.3, -0.25) is 9.69 Å². The van der Waals surface area contributed by atoms with E-state index in [1.807, 2.05) is 6.07 Å². The second-order valence-corrected chi connectivity index (χ2v) is 9.38. The quantitative estimate of drug-likeness (QED) is 0.769. The van der Waals surface area contributed by atoms with Crippen LogP contribution in [0, 0.1) is 5.92 Å². The molecule has 2 saturated heterocycles. The first-order valence-electron chi connectivity index (χ1n) is 11.7. The van der Waals surface area contributed by atoms with E-state index in [0.29, 0.717) is 5.69 Å². The highest BCUT2D eigenvalue weighted by Gasteiger charge is 2.41. The Kier molecular flexibility index (Phi) is 5.77. The highest BCUT2D eigenvalue weighted by atomic mass is 19.4. The van der Waals surface area contributed by atoms with Gasteiger partial charge in [-0.25, -0.2) is 4.98 Å². The molecule has 2 aromatic heterocycles. The molecule has 0 unspecified atom stereocenters. The van der Waals surface area contributed by atoms with E-state index in [-0.39, 0.29) is 31.8 Å². The molecule has 0 radical (unpaired) electrons. The first-order chi connectivity index (χ1) is 15.4. The summed E-state index contributed by atoms with van der Waals surface area (Å²) in [7, 11) is 0. The normalized spacial score (nSPS) is 22.2. The van der Waals surface area contributed by atoms with Crippen molar-refractivity contribution in [3.8, 4) is 0 Å². The lowest BCUT2D eigenvalue weighted by molar-refractivity contribution is -0.183. The van der Waals surface area contributed by atoms with Gasteiger partial charge in [0.05, 0.1) is 17.6 Å². The number of piperazine rings is 1. The van der Waals surface area contributed by atoms with Gasteiger partial charge in [0.25, 0.3) is 5.91 Å². The number of nitrogens with one attached hydrogen (secondary N) is 1. The zero-order chi connectivity index (χ0) is 22.3. The average Bonchev–Trinajstić information content (AvgIpc) is 3.48. The largest absolute Gasteiger partial charge is 0.391 e. The number of likely N-dealkylation sites (tertiary alicyclic amines) is 1. The molecule has 1 amide bonds. The highest BCUT2D eigenvalue weighted by molar-refractivity contribution is 5.98. The van der Waals surface area contributed by atoms with Crippen LogP contribution >= 0.6 is 0 Å². The molecule has 2 aliphatic heterocycles. The van der Waals surface area contributed by atoms with Gasteiger partial charge in [0.1, 0.15) is 11.5 Å². The van der Waals surface area contributed by atoms with Gasteiger partial charge in [-0.15, -0.1) is 0 Å². The van der Waals surface area contributed by atoms with Crippen molar-refractivity contribution >= 4 is 22.6 Å². The summed E-state index contributed by atoms with van der Waals surface area (Å²) in [5.74, 6) is -0.642. The molecule has 0 bridgehead atoms. The van der Waals surface area contributed by atoms with E-state index in [1.165, 1.54) is 30.6 Å². The molecular formula is C23H30F3N5O. The first kappa shape index (κ1) is 21.6. The molecule has 0 spiro atoms. The van der Waals surface area contributed by atoms with Crippen LogP contribution < -0.4 is 4.90 Å². The Bertz CT molecular complexity index is 952. The summed E-state index contributed by atoms with van der Waals surface area (Å²) in [6.07, 6.45) is 2.83. The minimum absolute atomic E-state index is 0.0337. The third-order valence-corrected chi connectivity index (χ3v) is 7.45. The predicted octanol–water partition coefficient (Wildman–Crippen LogP) is 4.04. The van der Waals surface area contributed by atoms with Gasteiger partial charge in [-0.05, 0) is 37.8 Å². The molecule has 3 fully saturated rings. The van der Waals surface area contributed by atoms with Crippen molar-refractivity contribution in [2.24, 2.45) is 5.92 Å². The van der Waals surface area contributed by atoms with Crippen molar-refractivity contribution < 1.29 is 18.0 Å². The minimum atomic E-state index is -4.18. The van der Waals surface area contributed by atoms with E-state index >= 15 is 0 Å². The molecule has 1 N–H and O–H groups in total. The lowest BCUT2D eigenvalue weighted by Crippen LogP contribution is -2.49. The number of amides is 1. The number of rotatable bonds is 3. The van der Waals surface area contributed by atoms with Crippen LogP contribution in [-0.2, 0) is 0 Å². The molecule has 1 saturated carbocycles. The summed E-state index contributed by atoms with van der Waals surface area (Å²) in [5, 5.41) is 0.904. The maximum atomic E-state index is 12.9. The number of hydrogen-bond donors (Lipinski definition) is 1. The fraction of sp³-hybridized carbons (Fsp3) is 0.652. The smallest absolute Gasteiger partial charge is 0.354 e. The van der Waals surface area contributed by atoms with Crippen LogP contribution in [0.3, 0.4) is 0 Å². The topological polar surface area (TPSA) is 55.5 Å². The summed E-state index contributed by atoms with van der Waals surface area (Å²) in [6.45, 7) is 4.25. The van der Waals surface area contributed by atoms with Crippen molar-refractivity contribution in [3.63, 3.8) is 0 Å². The van der Waals surface area contributed by atoms with E-state index in [0.717, 1.165) is 48.9 Å². The van der Waals surface area contributed by atoms with Gasteiger partial charge >= 0.3 is 6.18 Å². The van der Waals surface area contributed by atoms with Gasteiger partial charge in [0, 0.05) is 50.7 Å². The van der Waals surface area contributed by atoms with Crippen LogP contribution in [0.4, 0.5) is 19.0 Å². The van der Waals surface area contributed by atoms with Gasteiger partial charge in [-0.2, -0.15) is 13.2 Å². The summed E-state index contributed by atoms with van der Waals surface area (Å²) in [6, 6.07) is 4.55. The average molecular weight is 450 g/mol. The van der Waals surface area contributed by atoms with Crippen LogP contribution in [-0.4, -0.2) is 77.2 Å². The van der Waals surface area contributed by atoms with Crippen LogP contribution in [0.2, 0.25) is 0 Å². The lowest BCUT2D eigenvalue weighted by Gasteiger charge is -2.38. The van der Waals surface area contributed by atoms with E-state index < -0.39 is 12.1 Å². The molecule has 32 heavy (non-hydrogen) atoms. The van der Waals surface area contributed by atoms with Crippen LogP contribution in [0.15, 0.2) is 18.3 Å². The third-order valence-electron chi connectivity index (χ3n) is 7.45. The second kappa shape index (κ2) is 8.57. The molecular weight excluding hydrogens is 419 g/mol. The number of alkyl halides is 3. The van der Waals surface area contributed by atoms with E-state index in [1.54, 1.807) is 12.3 Å². The van der Waals surface area contributed by atoms with Crippen molar-refractivity contribution in [1.29, 1.82) is 0 Å². The summed E-state index contributed by atoms with van der Waals surface area (Å²) in [5.41, 5.74) is 1.18. The summed E-state index contributed by atoms with van der Waals surface area (Å²) in [4.78, 5) is 27.0. The fourth-order valence-electron chi connectivity index (χ4n) is 5.47. The minimum Gasteiger partial charge on any atom is -0.354 e. The number of aromatic nitrogens is 2. The number of anilines is 1. The Morgan fingerprint density at radius 1 is 0.969 bits per heavy atom. The number of halogens is 3. The Hall–Kier alpha value is -2.29. The number of carbonyl (C=O) groups excluding carboxylic acids is 1. The lowest BCUT2D eigenvalue weighted by atomic mass is 9.96. The number of pyridine rings is 1. The molecule has 9 heteroatoms. The van der Waals surface area contributed by atoms with E-state index in [9.17, 15) is 18.0 Å². The second-order valence-electron chi connectivity index (χ2n) is 9.38. The van der Waals surface area contributed by atoms with Crippen molar-refractivity contribution in [2.45, 2.75) is 50.7 Å². The van der Waals surface area contributed by atoms with Crippen molar-refractivity contribution in [2.75, 3.05) is 44.2 Å². The highest BCUT2D eigenvalue weighted by Crippen LogP contribution is 2.34.